The highest BCUT2D eigenvalue weighted by atomic mass is 32.1. The molecular weight excluding hydrogens is 276 g/mol. The molecule has 0 fully saturated rings. The summed E-state index contributed by atoms with van der Waals surface area (Å²) in [4.78, 5) is 0. The molecule has 2 nitrogen and oxygen atoms in total. The van der Waals surface area contributed by atoms with Gasteiger partial charge in [0.15, 0.2) is 0 Å². The van der Waals surface area contributed by atoms with Crippen molar-refractivity contribution < 1.29 is 0 Å². The third-order valence-electron chi connectivity index (χ3n) is 3.41. The number of hydrazone groups is 1. The number of nitrogens with zero attached hydrogens (tertiary/aromatic N) is 2. The molecule has 3 heteroatoms. The Balaban J connectivity index is 1.74. The Kier molecular flexibility index (Phi) is 4.02. The second-order valence-corrected chi connectivity index (χ2v) is 6.15. The number of fused-ring (bicyclic) bond motifs is 1. The van der Waals surface area contributed by atoms with Gasteiger partial charge in [-0.25, -0.2) is 0 Å². The zero-order valence-corrected chi connectivity index (χ0v) is 13.1. The Morgan fingerprint density at radius 3 is 2.86 bits per heavy atom. The van der Waals surface area contributed by atoms with Gasteiger partial charge in [0.2, 0.25) is 0 Å². The molecule has 0 bridgehead atoms. The van der Waals surface area contributed by atoms with Crippen LogP contribution in [0.15, 0.2) is 59.0 Å². The molecule has 0 amide bonds. The molecule has 0 N–H and O–H groups in total. The Morgan fingerprint density at radius 2 is 2.00 bits per heavy atom. The van der Waals surface area contributed by atoms with E-state index in [0.717, 1.165) is 12.1 Å². The van der Waals surface area contributed by atoms with Gasteiger partial charge in [-0.2, -0.15) is 5.10 Å². The molecule has 0 saturated heterocycles. The molecule has 0 unspecified atom stereocenters. The summed E-state index contributed by atoms with van der Waals surface area (Å²) in [5.74, 6) is 0. The lowest BCUT2D eigenvalue weighted by molar-refractivity contribution is 0.350. The van der Waals surface area contributed by atoms with Crippen LogP contribution in [-0.4, -0.2) is 18.3 Å². The van der Waals surface area contributed by atoms with E-state index in [1.807, 2.05) is 18.3 Å². The summed E-state index contributed by atoms with van der Waals surface area (Å²) in [6, 6.07) is 17.0. The van der Waals surface area contributed by atoms with Crippen LogP contribution < -0.4 is 0 Å². The van der Waals surface area contributed by atoms with E-state index in [-0.39, 0.29) is 0 Å². The lowest BCUT2D eigenvalue weighted by Gasteiger charge is -2.13. The Morgan fingerprint density at radius 1 is 1.14 bits per heavy atom. The van der Waals surface area contributed by atoms with Crippen molar-refractivity contribution in [2.24, 2.45) is 5.10 Å². The van der Waals surface area contributed by atoms with Crippen molar-refractivity contribution in [3.8, 4) is 0 Å². The Bertz CT molecular complexity index is 773. The minimum Gasteiger partial charge on any atom is -0.296 e. The number of benzene rings is 2. The van der Waals surface area contributed by atoms with E-state index >= 15 is 0 Å². The molecule has 0 aliphatic rings. The molecule has 2 aromatic carbocycles. The van der Waals surface area contributed by atoms with Gasteiger partial charge in [-0.15, -0.1) is 11.3 Å². The second-order valence-electron chi connectivity index (χ2n) is 5.23. The van der Waals surface area contributed by atoms with Gasteiger partial charge in [-0.1, -0.05) is 48.0 Å². The molecule has 0 aliphatic carbocycles. The fourth-order valence-corrected chi connectivity index (χ4v) is 3.29. The van der Waals surface area contributed by atoms with Gasteiger partial charge in [-0.3, -0.25) is 5.01 Å². The summed E-state index contributed by atoms with van der Waals surface area (Å²) < 4.78 is 1.36. The molecule has 3 aromatic rings. The first-order valence-corrected chi connectivity index (χ1v) is 7.87. The van der Waals surface area contributed by atoms with E-state index in [0.29, 0.717) is 0 Å². The van der Waals surface area contributed by atoms with E-state index in [9.17, 15) is 0 Å². The van der Waals surface area contributed by atoms with Crippen LogP contribution in [0.4, 0.5) is 0 Å². The largest absolute Gasteiger partial charge is 0.296 e. The fourth-order valence-electron chi connectivity index (χ4n) is 2.38. The molecule has 3 rings (SSSR count). The van der Waals surface area contributed by atoms with E-state index < -0.39 is 0 Å². The van der Waals surface area contributed by atoms with Crippen molar-refractivity contribution in [1.82, 2.24) is 5.01 Å². The van der Waals surface area contributed by atoms with E-state index in [2.05, 4.69) is 65.9 Å². The van der Waals surface area contributed by atoms with Gasteiger partial charge in [0.1, 0.15) is 0 Å². The summed E-state index contributed by atoms with van der Waals surface area (Å²) in [6.45, 7) is 2.92. The molecule has 0 aliphatic heterocycles. The zero-order valence-electron chi connectivity index (χ0n) is 12.3. The summed E-state index contributed by atoms with van der Waals surface area (Å²) in [6.07, 6.45) is 1.92. The minimum atomic E-state index is 0.820. The highest BCUT2D eigenvalue weighted by molar-refractivity contribution is 7.17. The Hall–Kier alpha value is -2.13. The van der Waals surface area contributed by atoms with Gasteiger partial charge < -0.3 is 0 Å². The maximum atomic E-state index is 4.53. The average Bonchev–Trinajstić information content (AvgIpc) is 2.95. The van der Waals surface area contributed by atoms with Gasteiger partial charge in [-0.05, 0) is 34.9 Å². The van der Waals surface area contributed by atoms with E-state index in [1.165, 1.54) is 21.2 Å². The van der Waals surface area contributed by atoms with Crippen LogP contribution in [0.3, 0.4) is 0 Å². The molecule has 1 aromatic heterocycles. The maximum absolute atomic E-state index is 4.53. The predicted molar refractivity (Wildman–Crippen MR) is 92.1 cm³/mol. The number of rotatable bonds is 4. The van der Waals surface area contributed by atoms with Gasteiger partial charge in [0.25, 0.3) is 0 Å². The van der Waals surface area contributed by atoms with Crippen molar-refractivity contribution in [3.63, 3.8) is 0 Å². The molecule has 106 valence electrons. The highest BCUT2D eigenvalue weighted by Crippen LogP contribution is 2.25. The quantitative estimate of drug-likeness (QED) is 0.504. The van der Waals surface area contributed by atoms with Crippen LogP contribution in [0.5, 0.6) is 0 Å². The maximum Gasteiger partial charge on any atom is 0.0621 e. The molecule has 0 radical (unpaired) electrons. The SMILES string of the molecule is Cc1cccc(/C=N/N(C)Cc2cccc3ccsc23)c1. The number of hydrogen-bond acceptors (Lipinski definition) is 3. The number of hydrogen-bond donors (Lipinski definition) is 0. The molecular formula is C18H18N2S. The van der Waals surface area contributed by atoms with Gasteiger partial charge >= 0.3 is 0 Å². The van der Waals surface area contributed by atoms with Crippen molar-refractivity contribution in [2.45, 2.75) is 13.5 Å². The molecule has 21 heavy (non-hydrogen) atoms. The third-order valence-corrected chi connectivity index (χ3v) is 4.41. The van der Waals surface area contributed by atoms with Crippen molar-refractivity contribution in [3.05, 3.63) is 70.6 Å². The zero-order chi connectivity index (χ0) is 14.7. The highest BCUT2D eigenvalue weighted by Gasteiger charge is 2.03. The Labute approximate surface area is 129 Å². The summed E-state index contributed by atoms with van der Waals surface area (Å²) in [5, 5.41) is 9.97. The minimum absolute atomic E-state index is 0.820. The van der Waals surface area contributed by atoms with Crippen molar-refractivity contribution in [1.29, 1.82) is 0 Å². The first-order valence-electron chi connectivity index (χ1n) is 6.99. The second kappa shape index (κ2) is 6.10. The molecule has 0 saturated carbocycles. The molecule has 0 spiro atoms. The topological polar surface area (TPSA) is 15.6 Å². The first kappa shape index (κ1) is 13.8. The van der Waals surface area contributed by atoms with Crippen LogP contribution in [0.2, 0.25) is 0 Å². The summed E-state index contributed by atoms with van der Waals surface area (Å²) >= 11 is 1.79. The van der Waals surface area contributed by atoms with Crippen LogP contribution in [0.1, 0.15) is 16.7 Å². The number of aryl methyl sites for hydroxylation is 1. The van der Waals surface area contributed by atoms with Gasteiger partial charge in [0, 0.05) is 11.7 Å². The number of thiophene rings is 1. The third kappa shape index (κ3) is 3.31. The average molecular weight is 294 g/mol. The van der Waals surface area contributed by atoms with E-state index in [1.54, 1.807) is 11.3 Å². The summed E-state index contributed by atoms with van der Waals surface area (Å²) in [5.41, 5.74) is 3.72. The van der Waals surface area contributed by atoms with Crippen LogP contribution in [-0.2, 0) is 6.54 Å². The van der Waals surface area contributed by atoms with Crippen molar-refractivity contribution >= 4 is 27.6 Å². The van der Waals surface area contributed by atoms with Crippen LogP contribution in [0, 0.1) is 6.92 Å². The van der Waals surface area contributed by atoms with E-state index in [4.69, 9.17) is 0 Å². The fraction of sp³-hybridized carbons (Fsp3) is 0.167. The first-order chi connectivity index (χ1) is 10.2. The molecule has 1 heterocycles. The van der Waals surface area contributed by atoms with Crippen molar-refractivity contribution in [2.75, 3.05) is 7.05 Å². The summed E-state index contributed by atoms with van der Waals surface area (Å²) in [7, 11) is 2.01. The predicted octanol–water partition coefficient (Wildman–Crippen LogP) is 4.68. The lowest BCUT2D eigenvalue weighted by Crippen LogP contribution is -2.10. The normalized spacial score (nSPS) is 11.3. The van der Waals surface area contributed by atoms with Gasteiger partial charge in [0.05, 0.1) is 12.8 Å². The monoisotopic (exact) mass is 294 g/mol. The standard InChI is InChI=1S/C18H18N2S/c1-14-5-3-6-15(11-14)12-19-20(2)13-17-8-4-7-16-9-10-21-18(16)17/h3-12H,13H2,1-2H3/b19-12+. The smallest absolute Gasteiger partial charge is 0.0621 e. The molecule has 0 atom stereocenters. The lowest BCUT2D eigenvalue weighted by atomic mass is 10.1. The van der Waals surface area contributed by atoms with Crippen LogP contribution in [0.25, 0.3) is 10.1 Å². The van der Waals surface area contributed by atoms with Crippen LogP contribution >= 0.6 is 11.3 Å².